The molecule has 0 atom stereocenters. The number of phenols is 1. The lowest BCUT2D eigenvalue weighted by Gasteiger charge is -2.37. The highest BCUT2D eigenvalue weighted by atomic mass is 16.3. The van der Waals surface area contributed by atoms with E-state index in [1.165, 1.54) is 0 Å². The van der Waals surface area contributed by atoms with Gasteiger partial charge in [0, 0.05) is 11.9 Å². The van der Waals surface area contributed by atoms with Crippen molar-refractivity contribution in [1.29, 1.82) is 5.26 Å². The van der Waals surface area contributed by atoms with Crippen LogP contribution < -0.4 is 10.6 Å². The van der Waals surface area contributed by atoms with Crippen LogP contribution in [0.25, 0.3) is 11.1 Å². The number of anilines is 1. The molecule has 4 rings (SSSR count). The van der Waals surface area contributed by atoms with E-state index in [9.17, 15) is 9.90 Å². The normalized spacial score (nSPS) is 14.9. The van der Waals surface area contributed by atoms with E-state index in [0.29, 0.717) is 11.4 Å². The Hall–Kier alpha value is -3.92. The zero-order chi connectivity index (χ0) is 21.7. The maximum Gasteiger partial charge on any atom is 0.319 e. The van der Waals surface area contributed by atoms with Gasteiger partial charge in [-0.05, 0) is 54.3 Å². The van der Waals surface area contributed by atoms with Crippen molar-refractivity contribution in [3.8, 4) is 22.9 Å². The Morgan fingerprint density at radius 2 is 1.61 bits per heavy atom. The number of carbonyl (C=O) groups is 1. The highest BCUT2D eigenvalue weighted by Crippen LogP contribution is 2.36. The summed E-state index contributed by atoms with van der Waals surface area (Å²) in [4.78, 5) is 21.2. The van der Waals surface area contributed by atoms with Crippen LogP contribution in [0, 0.1) is 11.3 Å². The lowest BCUT2D eigenvalue weighted by Crippen LogP contribution is -2.49. The van der Waals surface area contributed by atoms with Crippen molar-refractivity contribution in [3.05, 3.63) is 72.3 Å². The molecule has 1 aromatic heterocycles. The number of urea groups is 1. The molecule has 31 heavy (non-hydrogen) atoms. The molecule has 1 heterocycles. The van der Waals surface area contributed by atoms with Gasteiger partial charge in [0.2, 0.25) is 5.82 Å². The van der Waals surface area contributed by atoms with Crippen LogP contribution in [0.1, 0.15) is 43.6 Å². The van der Waals surface area contributed by atoms with Gasteiger partial charge in [-0.25, -0.2) is 14.8 Å². The Labute approximate surface area is 180 Å². The largest absolute Gasteiger partial charge is 0.508 e. The maximum atomic E-state index is 12.8. The predicted octanol–water partition coefficient (Wildman–Crippen LogP) is 4.70. The van der Waals surface area contributed by atoms with E-state index >= 15 is 0 Å². The molecule has 0 unspecified atom stereocenters. The first-order valence-corrected chi connectivity index (χ1v) is 10.3. The number of rotatable bonds is 4. The lowest BCUT2D eigenvalue weighted by atomic mass is 9.79. The summed E-state index contributed by atoms with van der Waals surface area (Å²) in [6, 6.07) is 17.9. The van der Waals surface area contributed by atoms with Crippen LogP contribution in [0.5, 0.6) is 5.75 Å². The molecule has 3 N–H and O–H groups in total. The monoisotopic (exact) mass is 413 g/mol. The number of nitrogens with zero attached hydrogens (tertiary/aromatic N) is 3. The van der Waals surface area contributed by atoms with Crippen molar-refractivity contribution in [3.63, 3.8) is 0 Å². The Bertz CT molecular complexity index is 1100. The number of phenolic OH excluding ortho intramolecular Hbond substituents is 1. The highest BCUT2D eigenvalue weighted by molar-refractivity contribution is 5.90. The number of hydrogen-bond donors (Lipinski definition) is 3. The number of aromatic nitrogens is 2. The van der Waals surface area contributed by atoms with Crippen LogP contribution >= 0.6 is 0 Å². The van der Waals surface area contributed by atoms with E-state index in [0.717, 1.165) is 43.2 Å². The SMILES string of the molecule is N#Cc1nccc(C2(NC(=O)Nc3ccc(-c4ccc(O)cc4)cc3)CCCCC2)n1. The quantitative estimate of drug-likeness (QED) is 0.574. The molecule has 1 saturated carbocycles. The first-order valence-electron chi connectivity index (χ1n) is 10.3. The molecule has 7 heteroatoms. The molecule has 1 aliphatic rings. The molecule has 1 aliphatic carbocycles. The lowest BCUT2D eigenvalue weighted by molar-refractivity contribution is 0.209. The molecule has 2 aromatic carbocycles. The van der Waals surface area contributed by atoms with Gasteiger partial charge in [0.15, 0.2) is 0 Å². The number of aromatic hydroxyl groups is 1. The summed E-state index contributed by atoms with van der Waals surface area (Å²) in [6.07, 6.45) is 6.17. The van der Waals surface area contributed by atoms with Crippen LogP contribution in [0.15, 0.2) is 60.8 Å². The van der Waals surface area contributed by atoms with Gasteiger partial charge >= 0.3 is 6.03 Å². The van der Waals surface area contributed by atoms with Crippen molar-refractivity contribution < 1.29 is 9.90 Å². The van der Waals surface area contributed by atoms with Crippen LogP contribution in [0.3, 0.4) is 0 Å². The Morgan fingerprint density at radius 1 is 0.968 bits per heavy atom. The smallest absolute Gasteiger partial charge is 0.319 e. The second-order valence-corrected chi connectivity index (χ2v) is 7.72. The van der Waals surface area contributed by atoms with E-state index in [-0.39, 0.29) is 17.6 Å². The van der Waals surface area contributed by atoms with Crippen molar-refractivity contribution >= 4 is 11.7 Å². The minimum atomic E-state index is -0.608. The Kier molecular flexibility index (Phi) is 5.80. The number of benzene rings is 2. The first-order chi connectivity index (χ1) is 15.1. The second-order valence-electron chi connectivity index (χ2n) is 7.72. The number of nitriles is 1. The van der Waals surface area contributed by atoms with Crippen LogP contribution in [0.2, 0.25) is 0 Å². The average molecular weight is 413 g/mol. The third-order valence-electron chi connectivity index (χ3n) is 5.65. The summed E-state index contributed by atoms with van der Waals surface area (Å²) in [5.41, 5.74) is 2.71. The van der Waals surface area contributed by atoms with Crippen LogP contribution in [0.4, 0.5) is 10.5 Å². The molecule has 1 fully saturated rings. The molecule has 2 amide bonds. The van der Waals surface area contributed by atoms with Crippen LogP contribution in [-0.2, 0) is 5.54 Å². The first kappa shape index (κ1) is 20.4. The van der Waals surface area contributed by atoms with E-state index in [1.54, 1.807) is 24.4 Å². The van der Waals surface area contributed by atoms with Gasteiger partial charge in [-0.1, -0.05) is 43.5 Å². The summed E-state index contributed by atoms with van der Waals surface area (Å²) in [6.45, 7) is 0. The van der Waals surface area contributed by atoms with Crippen molar-refractivity contribution in [2.45, 2.75) is 37.6 Å². The summed E-state index contributed by atoms with van der Waals surface area (Å²) in [5.74, 6) is 0.329. The van der Waals surface area contributed by atoms with Gasteiger partial charge in [-0.2, -0.15) is 5.26 Å². The second kappa shape index (κ2) is 8.84. The zero-order valence-corrected chi connectivity index (χ0v) is 17.0. The van der Waals surface area contributed by atoms with Crippen LogP contribution in [-0.4, -0.2) is 21.1 Å². The number of nitrogens with one attached hydrogen (secondary N) is 2. The summed E-state index contributed by atoms with van der Waals surface area (Å²) in [7, 11) is 0. The molecular formula is C24H23N5O2. The number of amides is 2. The highest BCUT2D eigenvalue weighted by Gasteiger charge is 2.37. The van der Waals surface area contributed by atoms with E-state index < -0.39 is 5.54 Å². The molecule has 0 radical (unpaired) electrons. The number of carbonyl (C=O) groups excluding carboxylic acids is 1. The fraction of sp³-hybridized carbons (Fsp3) is 0.250. The minimum Gasteiger partial charge on any atom is -0.508 e. The van der Waals surface area contributed by atoms with Crippen molar-refractivity contribution in [2.75, 3.05) is 5.32 Å². The summed E-state index contributed by atoms with van der Waals surface area (Å²) in [5, 5.41) is 24.6. The van der Waals surface area contributed by atoms with Gasteiger partial charge < -0.3 is 15.7 Å². The van der Waals surface area contributed by atoms with Gasteiger partial charge in [0.1, 0.15) is 11.8 Å². The zero-order valence-electron chi connectivity index (χ0n) is 17.0. The molecular weight excluding hydrogens is 390 g/mol. The topological polar surface area (TPSA) is 111 Å². The van der Waals surface area contributed by atoms with E-state index in [1.807, 2.05) is 42.5 Å². The van der Waals surface area contributed by atoms with Gasteiger partial charge in [-0.15, -0.1) is 0 Å². The molecule has 156 valence electrons. The molecule has 3 aromatic rings. The van der Waals surface area contributed by atoms with E-state index in [4.69, 9.17) is 5.26 Å². The maximum absolute atomic E-state index is 12.8. The minimum absolute atomic E-state index is 0.106. The number of hydrogen-bond acceptors (Lipinski definition) is 5. The third-order valence-corrected chi connectivity index (χ3v) is 5.65. The average Bonchev–Trinajstić information content (AvgIpc) is 2.81. The molecule has 7 nitrogen and oxygen atoms in total. The third kappa shape index (κ3) is 4.64. The van der Waals surface area contributed by atoms with Gasteiger partial charge in [-0.3, -0.25) is 0 Å². The molecule has 0 aliphatic heterocycles. The summed E-state index contributed by atoms with van der Waals surface area (Å²) < 4.78 is 0. The van der Waals surface area contributed by atoms with Gasteiger partial charge in [0.05, 0.1) is 11.2 Å². The standard InChI is InChI=1S/C24H23N5O2/c25-16-22-26-15-12-21(28-22)24(13-2-1-3-14-24)29-23(31)27-19-8-4-17(5-9-19)18-6-10-20(30)11-7-18/h4-12,15,30H,1-3,13-14H2,(H2,27,29,31). The van der Waals surface area contributed by atoms with Gasteiger partial charge in [0.25, 0.3) is 0 Å². The van der Waals surface area contributed by atoms with Crippen molar-refractivity contribution in [2.24, 2.45) is 0 Å². The van der Waals surface area contributed by atoms with E-state index in [2.05, 4.69) is 20.6 Å². The fourth-order valence-electron chi connectivity index (χ4n) is 4.06. The summed E-state index contributed by atoms with van der Waals surface area (Å²) >= 11 is 0. The Balaban J connectivity index is 1.49. The molecule has 0 bridgehead atoms. The molecule has 0 saturated heterocycles. The Morgan fingerprint density at radius 3 is 2.26 bits per heavy atom. The fourth-order valence-corrected chi connectivity index (χ4v) is 4.06. The molecule has 0 spiro atoms. The predicted molar refractivity (Wildman–Crippen MR) is 117 cm³/mol. The van der Waals surface area contributed by atoms with Crippen molar-refractivity contribution in [1.82, 2.24) is 15.3 Å².